The molecule has 1 aromatic carbocycles. The van der Waals surface area contributed by atoms with Crippen molar-refractivity contribution in [3.8, 4) is 0 Å². The Labute approximate surface area is 177 Å². The van der Waals surface area contributed by atoms with E-state index in [-0.39, 0.29) is 5.12 Å². The lowest BCUT2D eigenvalue weighted by molar-refractivity contribution is -0.110. The van der Waals surface area contributed by atoms with Gasteiger partial charge in [0.25, 0.3) is 0 Å². The third-order valence-electron chi connectivity index (χ3n) is 4.34. The van der Waals surface area contributed by atoms with Crippen molar-refractivity contribution in [1.29, 1.82) is 0 Å². The van der Waals surface area contributed by atoms with Crippen LogP contribution in [0.4, 0.5) is 11.5 Å². The minimum Gasteiger partial charge on any atom is -0.339 e. The van der Waals surface area contributed by atoms with E-state index in [1.54, 1.807) is 12.4 Å². The number of H-pyrrole nitrogens is 2. The second-order valence-electron chi connectivity index (χ2n) is 6.25. The number of carbonyl (C=O) groups is 1. The highest BCUT2D eigenvalue weighted by atomic mass is 35.5. The summed E-state index contributed by atoms with van der Waals surface area (Å²) in [5.41, 5.74) is 3.34. The first kappa shape index (κ1) is 18.5. The summed E-state index contributed by atoms with van der Waals surface area (Å²) in [5, 5.41) is 18.6. The van der Waals surface area contributed by atoms with Crippen LogP contribution < -0.4 is 5.32 Å². The molecule has 0 fully saturated rings. The molecule has 5 aromatic rings. The minimum atomic E-state index is 0.191. The first-order valence-corrected chi connectivity index (χ1v) is 9.91. The third-order valence-corrected chi connectivity index (χ3v) is 5.61. The van der Waals surface area contributed by atoms with Crippen LogP contribution in [-0.4, -0.2) is 45.4 Å². The van der Waals surface area contributed by atoms with Crippen molar-refractivity contribution < 1.29 is 4.79 Å². The van der Waals surface area contributed by atoms with E-state index in [1.165, 1.54) is 24.4 Å². The molecular weight excluding hydrogens is 426 g/mol. The number of aromatic nitrogens is 8. The molecule has 12 heteroatoms. The van der Waals surface area contributed by atoms with Crippen molar-refractivity contribution in [3.05, 3.63) is 54.0 Å². The highest BCUT2D eigenvalue weighted by Gasteiger charge is 2.19. The van der Waals surface area contributed by atoms with Crippen LogP contribution in [0, 0.1) is 0 Å². The summed E-state index contributed by atoms with van der Waals surface area (Å²) in [4.78, 5) is 28.4. The van der Waals surface area contributed by atoms with Crippen LogP contribution in [0.2, 0.25) is 5.15 Å². The van der Waals surface area contributed by atoms with Gasteiger partial charge in [0.05, 0.1) is 23.2 Å². The Hall–Kier alpha value is -3.57. The summed E-state index contributed by atoms with van der Waals surface area (Å²) in [6.45, 7) is 0. The van der Waals surface area contributed by atoms with Gasteiger partial charge in [0.2, 0.25) is 0 Å². The summed E-state index contributed by atoms with van der Waals surface area (Å²) in [5.74, 6) is 0.693. The number of nitrogens with one attached hydrogen (secondary N) is 3. The van der Waals surface area contributed by atoms with E-state index in [2.05, 4.69) is 45.6 Å². The number of benzene rings is 1. The lowest BCUT2D eigenvalue weighted by atomic mass is 10.1. The summed E-state index contributed by atoms with van der Waals surface area (Å²) < 4.78 is 0. The van der Waals surface area contributed by atoms with E-state index in [1.807, 2.05) is 18.2 Å². The predicted molar refractivity (Wildman–Crippen MR) is 113 cm³/mol. The van der Waals surface area contributed by atoms with Gasteiger partial charge in [-0.2, -0.15) is 10.2 Å². The fourth-order valence-electron chi connectivity index (χ4n) is 2.92. The molecule has 0 aliphatic carbocycles. The van der Waals surface area contributed by atoms with Gasteiger partial charge < -0.3 is 5.32 Å². The molecule has 0 bridgehead atoms. The Morgan fingerprint density at radius 1 is 0.967 bits per heavy atom. The Bertz CT molecular complexity index is 1380. The van der Waals surface area contributed by atoms with Crippen LogP contribution in [0.15, 0.2) is 48.1 Å². The van der Waals surface area contributed by atoms with E-state index >= 15 is 0 Å². The van der Waals surface area contributed by atoms with Crippen molar-refractivity contribution in [2.45, 2.75) is 11.3 Å². The van der Waals surface area contributed by atoms with Crippen LogP contribution in [0.3, 0.4) is 0 Å². The van der Waals surface area contributed by atoms with Gasteiger partial charge in [-0.1, -0.05) is 29.4 Å². The zero-order valence-electron chi connectivity index (χ0n) is 15.1. The summed E-state index contributed by atoms with van der Waals surface area (Å²) in [7, 11) is 0. The number of hydrogen-bond donors (Lipinski definition) is 3. The van der Waals surface area contributed by atoms with Gasteiger partial charge in [-0.15, -0.1) is 0 Å². The molecule has 0 spiro atoms. The maximum Gasteiger partial charge on any atom is 0.198 e. The Morgan fingerprint density at radius 2 is 1.70 bits per heavy atom. The van der Waals surface area contributed by atoms with Crippen molar-refractivity contribution >= 4 is 62.1 Å². The van der Waals surface area contributed by atoms with Crippen LogP contribution >= 0.6 is 23.4 Å². The lowest BCUT2D eigenvalue weighted by Crippen LogP contribution is -1.95. The maximum absolute atomic E-state index is 11.4. The van der Waals surface area contributed by atoms with Gasteiger partial charge in [-0.25, -0.2) is 19.9 Å². The normalized spacial score (nSPS) is 12.6. The van der Waals surface area contributed by atoms with Gasteiger partial charge in [0.1, 0.15) is 23.6 Å². The first-order valence-electron chi connectivity index (χ1n) is 8.71. The summed E-state index contributed by atoms with van der Waals surface area (Å²) >= 11 is 6.98. The number of aromatic amines is 2. The lowest BCUT2D eigenvalue weighted by Gasteiger charge is -2.07. The number of thioether (sulfide) groups is 1. The second kappa shape index (κ2) is 7.69. The first-order chi connectivity index (χ1) is 14.7. The molecule has 0 radical (unpaired) electrons. The number of nitrogens with zero attached hydrogens (tertiary/aromatic N) is 6. The van der Waals surface area contributed by atoms with E-state index < -0.39 is 0 Å². The van der Waals surface area contributed by atoms with Crippen LogP contribution in [0.5, 0.6) is 0 Å². The molecule has 10 nitrogen and oxygen atoms in total. The van der Waals surface area contributed by atoms with Gasteiger partial charge in [-0.05, 0) is 17.7 Å². The molecule has 0 saturated carbocycles. The third kappa shape index (κ3) is 3.55. The maximum atomic E-state index is 11.4. The molecule has 0 saturated heterocycles. The summed E-state index contributed by atoms with van der Waals surface area (Å²) in [6.07, 6.45) is 6.66. The molecule has 148 valence electrons. The van der Waals surface area contributed by atoms with Gasteiger partial charge in [-0.3, -0.25) is 15.0 Å². The number of carbonyl (C=O) groups excluding carboxylic acids is 1. The average Bonchev–Trinajstić information content (AvgIpc) is 3.47. The molecule has 6 rings (SSSR count). The molecule has 3 N–H and O–H groups in total. The fourth-order valence-corrected chi connectivity index (χ4v) is 4.04. The molecule has 30 heavy (non-hydrogen) atoms. The minimum absolute atomic E-state index is 0.191. The number of rotatable bonds is 2. The van der Waals surface area contributed by atoms with Crippen molar-refractivity contribution in [1.82, 2.24) is 40.3 Å². The Kier molecular flexibility index (Phi) is 4.73. The molecule has 1 aliphatic heterocycles. The highest BCUT2D eigenvalue weighted by molar-refractivity contribution is 8.14. The van der Waals surface area contributed by atoms with Gasteiger partial charge in [0, 0.05) is 17.0 Å². The van der Waals surface area contributed by atoms with Crippen LogP contribution in [-0.2, 0) is 11.2 Å². The van der Waals surface area contributed by atoms with Crippen molar-refractivity contribution in [3.63, 3.8) is 0 Å². The Morgan fingerprint density at radius 3 is 2.50 bits per heavy atom. The standard InChI is InChI=1S/C13H9N5OS.C5H3ClN4/c19-11-3-7-1-2-8(4-10(7)20-11)17-12-9-5-16-18-13(9)15-6-14-12;6-4-3-1-9-10-5(3)8-2-7-4/h1-2,4-6H,3H2,(H2,14,15,16,17,18);1-2H,(H,7,8,9,10). The molecule has 0 amide bonds. The highest BCUT2D eigenvalue weighted by Crippen LogP contribution is 2.35. The average molecular weight is 438 g/mol. The molecule has 0 atom stereocenters. The number of halogens is 1. The topological polar surface area (TPSA) is 138 Å². The number of fused-ring (bicyclic) bond motifs is 3. The number of hydrogen-bond acceptors (Lipinski definition) is 9. The van der Waals surface area contributed by atoms with Crippen LogP contribution in [0.1, 0.15) is 5.56 Å². The molecular formula is C18H12ClN9OS. The Balaban J connectivity index is 0.000000161. The smallest absolute Gasteiger partial charge is 0.198 e. The molecule has 0 unspecified atom stereocenters. The molecule has 5 heterocycles. The fraction of sp³-hybridized carbons (Fsp3) is 0.0556. The van der Waals surface area contributed by atoms with Gasteiger partial charge in [0.15, 0.2) is 16.4 Å². The van der Waals surface area contributed by atoms with E-state index in [0.717, 1.165) is 26.9 Å². The SMILES string of the molecule is Clc1ncnc2[nH]ncc12.O=C1Cc2ccc(Nc3ncnc4[nH]ncc34)cc2S1. The van der Waals surface area contributed by atoms with Gasteiger partial charge >= 0.3 is 0 Å². The largest absolute Gasteiger partial charge is 0.339 e. The molecule has 1 aliphatic rings. The predicted octanol–water partition coefficient (Wildman–Crippen LogP) is 3.28. The summed E-state index contributed by atoms with van der Waals surface area (Å²) in [6, 6.07) is 5.90. The van der Waals surface area contributed by atoms with Crippen molar-refractivity contribution in [2.24, 2.45) is 0 Å². The molecule has 4 aromatic heterocycles. The van der Waals surface area contributed by atoms with Crippen LogP contribution in [0.25, 0.3) is 22.1 Å². The second-order valence-corrected chi connectivity index (χ2v) is 7.71. The monoisotopic (exact) mass is 437 g/mol. The zero-order chi connectivity index (χ0) is 20.5. The number of anilines is 2. The van der Waals surface area contributed by atoms with Crippen molar-refractivity contribution in [2.75, 3.05) is 5.32 Å². The quantitative estimate of drug-likeness (QED) is 0.355. The van der Waals surface area contributed by atoms with E-state index in [9.17, 15) is 4.79 Å². The zero-order valence-corrected chi connectivity index (χ0v) is 16.7. The van der Waals surface area contributed by atoms with E-state index in [4.69, 9.17) is 11.6 Å². The van der Waals surface area contributed by atoms with E-state index in [0.29, 0.717) is 28.7 Å².